The number of anilines is 1. The van der Waals surface area contributed by atoms with Gasteiger partial charge in [-0.05, 0) is 40.5 Å². The molecule has 16 heavy (non-hydrogen) atoms. The second-order valence-corrected chi connectivity index (χ2v) is 4.92. The Morgan fingerprint density at radius 1 is 1.44 bits per heavy atom. The van der Waals surface area contributed by atoms with Gasteiger partial charge in [-0.2, -0.15) is 0 Å². The van der Waals surface area contributed by atoms with Crippen LogP contribution >= 0.6 is 15.9 Å². The van der Waals surface area contributed by atoms with Gasteiger partial charge in [0.05, 0.1) is 12.2 Å². The quantitative estimate of drug-likeness (QED) is 0.893. The Morgan fingerprint density at radius 2 is 2.12 bits per heavy atom. The number of benzene rings is 1. The molecule has 0 atom stereocenters. The molecule has 0 fully saturated rings. The molecule has 4 heteroatoms. The Kier molecular flexibility index (Phi) is 4.96. The van der Waals surface area contributed by atoms with E-state index >= 15 is 0 Å². The van der Waals surface area contributed by atoms with E-state index < -0.39 is 0 Å². The van der Waals surface area contributed by atoms with E-state index in [0.29, 0.717) is 12.6 Å². The summed E-state index contributed by atoms with van der Waals surface area (Å²) in [5.74, 6) is -0.0278. The van der Waals surface area contributed by atoms with Crippen LogP contribution in [-0.4, -0.2) is 18.5 Å². The van der Waals surface area contributed by atoms with E-state index in [-0.39, 0.29) is 5.91 Å². The van der Waals surface area contributed by atoms with Gasteiger partial charge < -0.3 is 10.6 Å². The molecule has 0 aliphatic rings. The summed E-state index contributed by atoms with van der Waals surface area (Å²) in [5.41, 5.74) is 1.94. The summed E-state index contributed by atoms with van der Waals surface area (Å²) in [6, 6.07) is 6.18. The fraction of sp³-hybridized carbons (Fsp3) is 0.417. The minimum Gasteiger partial charge on any atom is -0.324 e. The summed E-state index contributed by atoms with van der Waals surface area (Å²) < 4.78 is 0.899. The molecule has 0 bridgehead atoms. The van der Waals surface area contributed by atoms with Gasteiger partial charge in [-0.1, -0.05) is 19.9 Å². The average Bonchev–Trinajstić information content (AvgIpc) is 2.20. The third-order valence-electron chi connectivity index (χ3n) is 2.07. The van der Waals surface area contributed by atoms with Crippen molar-refractivity contribution in [3.05, 3.63) is 28.2 Å². The van der Waals surface area contributed by atoms with Gasteiger partial charge in [-0.3, -0.25) is 4.79 Å². The fourth-order valence-electron chi connectivity index (χ4n) is 1.23. The Morgan fingerprint density at radius 3 is 2.75 bits per heavy atom. The van der Waals surface area contributed by atoms with E-state index in [1.807, 2.05) is 39.0 Å². The van der Waals surface area contributed by atoms with E-state index in [2.05, 4.69) is 26.6 Å². The predicted molar refractivity (Wildman–Crippen MR) is 70.6 cm³/mol. The molecule has 0 unspecified atom stereocenters. The van der Waals surface area contributed by atoms with Crippen LogP contribution in [0, 0.1) is 6.92 Å². The van der Waals surface area contributed by atoms with Crippen LogP contribution in [0.5, 0.6) is 0 Å². The van der Waals surface area contributed by atoms with Crippen LogP contribution < -0.4 is 10.6 Å². The lowest BCUT2D eigenvalue weighted by molar-refractivity contribution is -0.115. The molecular formula is C12H17BrN2O. The predicted octanol–water partition coefficient (Wildman–Crippen LogP) is 2.69. The van der Waals surface area contributed by atoms with E-state index in [1.54, 1.807) is 0 Å². The largest absolute Gasteiger partial charge is 0.324 e. The van der Waals surface area contributed by atoms with Crippen molar-refractivity contribution >= 4 is 27.5 Å². The molecule has 0 aromatic heterocycles. The van der Waals surface area contributed by atoms with Gasteiger partial charge in [0.2, 0.25) is 5.91 Å². The van der Waals surface area contributed by atoms with Gasteiger partial charge >= 0.3 is 0 Å². The minimum atomic E-state index is -0.0278. The van der Waals surface area contributed by atoms with Crippen molar-refractivity contribution in [1.29, 1.82) is 0 Å². The lowest BCUT2D eigenvalue weighted by atomic mass is 10.2. The van der Waals surface area contributed by atoms with Crippen LogP contribution in [0.4, 0.5) is 5.69 Å². The number of nitrogens with one attached hydrogen (secondary N) is 2. The molecule has 1 aromatic carbocycles. The Balaban J connectivity index is 2.59. The van der Waals surface area contributed by atoms with Crippen molar-refractivity contribution in [3.63, 3.8) is 0 Å². The number of halogens is 1. The zero-order chi connectivity index (χ0) is 12.1. The maximum atomic E-state index is 11.6. The van der Waals surface area contributed by atoms with Gasteiger partial charge in [0, 0.05) is 10.5 Å². The lowest BCUT2D eigenvalue weighted by Crippen LogP contribution is -2.32. The van der Waals surface area contributed by atoms with Crippen molar-refractivity contribution in [3.8, 4) is 0 Å². The van der Waals surface area contributed by atoms with E-state index in [0.717, 1.165) is 15.7 Å². The highest BCUT2D eigenvalue weighted by atomic mass is 79.9. The number of carbonyl (C=O) groups excluding carboxylic acids is 1. The van der Waals surface area contributed by atoms with E-state index in [9.17, 15) is 4.79 Å². The molecule has 0 aliphatic heterocycles. The van der Waals surface area contributed by atoms with Crippen LogP contribution in [0.3, 0.4) is 0 Å². The molecule has 1 amide bonds. The Bertz CT molecular complexity index is 377. The van der Waals surface area contributed by atoms with Gasteiger partial charge in [0.15, 0.2) is 0 Å². The summed E-state index contributed by atoms with van der Waals surface area (Å²) in [5, 5.41) is 5.93. The first kappa shape index (κ1) is 13.2. The maximum Gasteiger partial charge on any atom is 0.238 e. The Hall–Kier alpha value is -0.870. The van der Waals surface area contributed by atoms with Crippen molar-refractivity contribution in [1.82, 2.24) is 5.32 Å². The summed E-state index contributed by atoms with van der Waals surface area (Å²) >= 11 is 3.40. The molecule has 1 rings (SSSR count). The molecule has 0 heterocycles. The summed E-state index contributed by atoms with van der Waals surface area (Å²) in [6.07, 6.45) is 0. The molecule has 0 saturated carbocycles. The Labute approximate surface area is 105 Å². The minimum absolute atomic E-state index is 0.0278. The third kappa shape index (κ3) is 4.33. The van der Waals surface area contributed by atoms with Crippen molar-refractivity contribution < 1.29 is 4.79 Å². The smallest absolute Gasteiger partial charge is 0.238 e. The molecule has 88 valence electrons. The number of hydrogen-bond acceptors (Lipinski definition) is 2. The normalized spacial score (nSPS) is 10.6. The highest BCUT2D eigenvalue weighted by Gasteiger charge is 2.05. The molecule has 0 saturated heterocycles. The zero-order valence-corrected chi connectivity index (χ0v) is 11.4. The summed E-state index contributed by atoms with van der Waals surface area (Å²) in [6.45, 7) is 6.35. The number of aryl methyl sites for hydroxylation is 1. The SMILES string of the molecule is Cc1ccc(Br)c(NC(=O)CNC(C)C)c1. The van der Waals surface area contributed by atoms with Crippen molar-refractivity contribution in [2.45, 2.75) is 26.8 Å². The van der Waals surface area contributed by atoms with Gasteiger partial charge in [-0.15, -0.1) is 0 Å². The maximum absolute atomic E-state index is 11.6. The molecule has 0 radical (unpaired) electrons. The van der Waals surface area contributed by atoms with Crippen molar-refractivity contribution in [2.75, 3.05) is 11.9 Å². The molecular weight excluding hydrogens is 268 g/mol. The zero-order valence-electron chi connectivity index (χ0n) is 9.80. The van der Waals surface area contributed by atoms with E-state index in [1.165, 1.54) is 0 Å². The molecule has 0 spiro atoms. The van der Waals surface area contributed by atoms with Crippen LogP contribution in [0.15, 0.2) is 22.7 Å². The standard InChI is InChI=1S/C12H17BrN2O/c1-8(2)14-7-12(16)15-11-6-9(3)4-5-10(11)13/h4-6,8,14H,7H2,1-3H3,(H,15,16). The molecule has 3 nitrogen and oxygen atoms in total. The van der Waals surface area contributed by atoms with E-state index in [4.69, 9.17) is 0 Å². The van der Waals surface area contributed by atoms with Crippen LogP contribution in [0.25, 0.3) is 0 Å². The average molecular weight is 285 g/mol. The first-order valence-corrected chi connectivity index (χ1v) is 6.07. The summed E-state index contributed by atoms with van der Waals surface area (Å²) in [4.78, 5) is 11.6. The summed E-state index contributed by atoms with van der Waals surface area (Å²) in [7, 11) is 0. The topological polar surface area (TPSA) is 41.1 Å². The lowest BCUT2D eigenvalue weighted by Gasteiger charge is -2.10. The van der Waals surface area contributed by atoms with Gasteiger partial charge in [0.25, 0.3) is 0 Å². The van der Waals surface area contributed by atoms with Gasteiger partial charge in [-0.25, -0.2) is 0 Å². The number of rotatable bonds is 4. The van der Waals surface area contributed by atoms with Gasteiger partial charge in [0.1, 0.15) is 0 Å². The van der Waals surface area contributed by atoms with Crippen molar-refractivity contribution in [2.24, 2.45) is 0 Å². The third-order valence-corrected chi connectivity index (χ3v) is 2.76. The number of amides is 1. The molecule has 2 N–H and O–H groups in total. The first-order valence-electron chi connectivity index (χ1n) is 5.28. The van der Waals surface area contributed by atoms with Crippen LogP contribution in [0.2, 0.25) is 0 Å². The molecule has 1 aromatic rings. The molecule has 0 aliphatic carbocycles. The monoisotopic (exact) mass is 284 g/mol. The second kappa shape index (κ2) is 6.01. The highest BCUT2D eigenvalue weighted by Crippen LogP contribution is 2.23. The highest BCUT2D eigenvalue weighted by molar-refractivity contribution is 9.10. The fourth-order valence-corrected chi connectivity index (χ4v) is 1.57. The first-order chi connectivity index (χ1) is 7.49. The number of carbonyl (C=O) groups is 1. The number of hydrogen-bond donors (Lipinski definition) is 2. The second-order valence-electron chi connectivity index (χ2n) is 4.07. The van der Waals surface area contributed by atoms with Crippen LogP contribution in [0.1, 0.15) is 19.4 Å². The van der Waals surface area contributed by atoms with Crippen LogP contribution in [-0.2, 0) is 4.79 Å².